The summed E-state index contributed by atoms with van der Waals surface area (Å²) < 4.78 is 4.99. The summed E-state index contributed by atoms with van der Waals surface area (Å²) in [4.78, 5) is 18.6. The average molecular weight is 257 g/mol. The van der Waals surface area contributed by atoms with Crippen molar-refractivity contribution in [1.82, 2.24) is 9.97 Å². The van der Waals surface area contributed by atoms with Crippen LogP contribution in [0.3, 0.4) is 0 Å². The molecule has 2 heterocycles. The molecule has 0 aliphatic heterocycles. The molecule has 3 rings (SSSR count). The summed E-state index contributed by atoms with van der Waals surface area (Å²) in [5.74, 6) is -0.477. The van der Waals surface area contributed by atoms with Crippen molar-refractivity contribution in [3.8, 4) is 16.6 Å². The predicted molar refractivity (Wildman–Crippen MR) is 67.4 cm³/mol. The summed E-state index contributed by atoms with van der Waals surface area (Å²) in [6.07, 6.45) is 0. The number of oxazole rings is 1. The summed E-state index contributed by atoms with van der Waals surface area (Å²) in [6.45, 7) is 1.80. The van der Waals surface area contributed by atoms with Crippen LogP contribution in [0.4, 0.5) is 0 Å². The number of thiazole rings is 1. The Bertz CT molecular complexity index is 835. The minimum atomic E-state index is -0.477. The molecule has 0 saturated carbocycles. The van der Waals surface area contributed by atoms with Crippen LogP contribution in [0.25, 0.3) is 21.7 Å². The Morgan fingerprint density at radius 3 is 3.06 bits per heavy atom. The molecule has 0 unspecified atom stereocenters. The van der Waals surface area contributed by atoms with Crippen LogP contribution in [-0.4, -0.2) is 9.97 Å². The highest BCUT2D eigenvalue weighted by atomic mass is 32.1. The number of nitrogens with one attached hydrogen (secondary N) is 1. The summed E-state index contributed by atoms with van der Waals surface area (Å²) in [5.41, 5.74) is 2.69. The zero-order valence-electron chi connectivity index (χ0n) is 9.35. The lowest BCUT2D eigenvalue weighted by Crippen LogP contribution is -1.92. The van der Waals surface area contributed by atoms with Crippen LogP contribution < -0.4 is 5.76 Å². The number of aromatic nitrogens is 2. The molecule has 0 fully saturated rings. The molecule has 0 bridgehead atoms. The van der Waals surface area contributed by atoms with Crippen molar-refractivity contribution >= 4 is 22.4 Å². The third-order valence-corrected chi connectivity index (χ3v) is 3.68. The van der Waals surface area contributed by atoms with Gasteiger partial charge in [-0.15, -0.1) is 11.3 Å². The fourth-order valence-electron chi connectivity index (χ4n) is 1.70. The highest BCUT2D eigenvalue weighted by Crippen LogP contribution is 2.29. The Kier molecular flexibility index (Phi) is 2.28. The Morgan fingerprint density at radius 1 is 1.50 bits per heavy atom. The molecule has 0 aliphatic rings. The third-order valence-electron chi connectivity index (χ3n) is 2.57. The van der Waals surface area contributed by atoms with Crippen molar-refractivity contribution in [1.29, 1.82) is 5.26 Å². The quantitative estimate of drug-likeness (QED) is 0.725. The van der Waals surface area contributed by atoms with Gasteiger partial charge < -0.3 is 4.42 Å². The van der Waals surface area contributed by atoms with Crippen LogP contribution in [0.1, 0.15) is 10.6 Å². The Hall–Kier alpha value is -2.39. The second-order valence-electron chi connectivity index (χ2n) is 3.77. The molecule has 1 aromatic carbocycles. The van der Waals surface area contributed by atoms with Gasteiger partial charge in [0.15, 0.2) is 5.58 Å². The van der Waals surface area contributed by atoms with Crippen LogP contribution >= 0.6 is 11.3 Å². The first-order valence-corrected chi connectivity index (χ1v) is 6.00. The van der Waals surface area contributed by atoms with Crippen molar-refractivity contribution in [2.75, 3.05) is 0 Å². The molecule has 3 aromatic rings. The van der Waals surface area contributed by atoms with E-state index in [1.165, 1.54) is 11.3 Å². The summed E-state index contributed by atoms with van der Waals surface area (Å²) in [6, 6.07) is 7.45. The van der Waals surface area contributed by atoms with Gasteiger partial charge in [-0.2, -0.15) is 5.26 Å². The zero-order chi connectivity index (χ0) is 12.7. The van der Waals surface area contributed by atoms with E-state index in [0.717, 1.165) is 10.6 Å². The molecule has 5 nitrogen and oxygen atoms in total. The van der Waals surface area contributed by atoms with Crippen LogP contribution in [0.2, 0.25) is 0 Å². The fraction of sp³-hybridized carbons (Fsp3) is 0.0833. The van der Waals surface area contributed by atoms with Crippen molar-refractivity contribution in [3.05, 3.63) is 39.3 Å². The van der Waals surface area contributed by atoms with Crippen LogP contribution in [0, 0.1) is 18.3 Å². The number of hydrogen-bond donors (Lipinski definition) is 1. The average Bonchev–Trinajstić information content (AvgIpc) is 2.89. The Morgan fingerprint density at radius 2 is 2.33 bits per heavy atom. The highest BCUT2D eigenvalue weighted by molar-refractivity contribution is 7.15. The van der Waals surface area contributed by atoms with E-state index in [-0.39, 0.29) is 0 Å². The van der Waals surface area contributed by atoms with Gasteiger partial charge in [0.05, 0.1) is 11.2 Å². The van der Waals surface area contributed by atoms with E-state index >= 15 is 0 Å². The lowest BCUT2D eigenvalue weighted by molar-refractivity contribution is 0.555. The molecule has 0 aliphatic carbocycles. The maximum atomic E-state index is 11.1. The smallest absolute Gasteiger partial charge is 0.408 e. The molecular formula is C12H7N3O2S. The Balaban J connectivity index is 2.18. The molecule has 0 saturated heterocycles. The second-order valence-corrected chi connectivity index (χ2v) is 4.77. The van der Waals surface area contributed by atoms with E-state index in [1.807, 2.05) is 6.07 Å². The first-order chi connectivity index (χ1) is 8.67. The maximum absolute atomic E-state index is 11.1. The van der Waals surface area contributed by atoms with E-state index in [2.05, 4.69) is 16.0 Å². The summed E-state index contributed by atoms with van der Waals surface area (Å²) in [5, 5.41) is 9.65. The molecule has 0 radical (unpaired) electrons. The molecule has 0 spiro atoms. The van der Waals surface area contributed by atoms with Gasteiger partial charge in [0.2, 0.25) is 0 Å². The van der Waals surface area contributed by atoms with Gasteiger partial charge >= 0.3 is 5.76 Å². The van der Waals surface area contributed by atoms with Gasteiger partial charge in [-0.05, 0) is 25.1 Å². The van der Waals surface area contributed by atoms with Gasteiger partial charge in [0.25, 0.3) is 0 Å². The van der Waals surface area contributed by atoms with Crippen LogP contribution in [0.15, 0.2) is 27.4 Å². The predicted octanol–water partition coefficient (Wildman–Crippen LogP) is 2.42. The van der Waals surface area contributed by atoms with Crippen molar-refractivity contribution in [2.24, 2.45) is 0 Å². The number of aryl methyl sites for hydroxylation is 1. The van der Waals surface area contributed by atoms with Crippen molar-refractivity contribution in [2.45, 2.75) is 6.92 Å². The standard InChI is InChI=1S/C12H7N3O2S/c1-6-10(5-13)18-11(14-6)7-2-3-8-9(4-7)17-12(16)15-8/h2-4H,1H3,(H,15,16). The molecular weight excluding hydrogens is 250 g/mol. The first kappa shape index (κ1) is 10.7. The minimum Gasteiger partial charge on any atom is -0.408 e. The highest BCUT2D eigenvalue weighted by Gasteiger charge is 2.10. The SMILES string of the molecule is Cc1nc(-c2ccc3[nH]c(=O)oc3c2)sc1C#N. The molecule has 18 heavy (non-hydrogen) atoms. The summed E-state index contributed by atoms with van der Waals surface area (Å²) >= 11 is 1.33. The number of aromatic amines is 1. The monoisotopic (exact) mass is 257 g/mol. The van der Waals surface area contributed by atoms with Crippen molar-refractivity contribution in [3.63, 3.8) is 0 Å². The third kappa shape index (κ3) is 1.61. The summed E-state index contributed by atoms with van der Waals surface area (Å²) in [7, 11) is 0. The van der Waals surface area contributed by atoms with E-state index in [0.29, 0.717) is 21.7 Å². The van der Waals surface area contributed by atoms with Gasteiger partial charge in [0, 0.05) is 5.56 Å². The lowest BCUT2D eigenvalue weighted by Gasteiger charge is -1.94. The number of H-pyrrole nitrogens is 1. The van der Waals surface area contributed by atoms with Gasteiger partial charge in [-0.25, -0.2) is 9.78 Å². The van der Waals surface area contributed by atoms with E-state index < -0.39 is 5.76 Å². The second kappa shape index (κ2) is 3.82. The first-order valence-electron chi connectivity index (χ1n) is 5.18. The topological polar surface area (TPSA) is 82.7 Å². The largest absolute Gasteiger partial charge is 0.417 e. The van der Waals surface area contributed by atoms with Gasteiger partial charge in [-0.1, -0.05) is 0 Å². The number of fused-ring (bicyclic) bond motifs is 1. The van der Waals surface area contributed by atoms with Gasteiger partial charge in [-0.3, -0.25) is 4.98 Å². The molecule has 6 heteroatoms. The molecule has 2 aromatic heterocycles. The number of nitrogens with zero attached hydrogens (tertiary/aromatic N) is 2. The Labute approximate surface area is 105 Å². The van der Waals surface area contributed by atoms with E-state index in [4.69, 9.17) is 9.68 Å². The number of nitriles is 1. The maximum Gasteiger partial charge on any atom is 0.417 e. The number of rotatable bonds is 1. The van der Waals surface area contributed by atoms with Gasteiger partial charge in [0.1, 0.15) is 16.0 Å². The molecule has 1 N–H and O–H groups in total. The van der Waals surface area contributed by atoms with E-state index in [9.17, 15) is 4.79 Å². The molecule has 88 valence electrons. The molecule has 0 atom stereocenters. The number of hydrogen-bond acceptors (Lipinski definition) is 5. The fourth-order valence-corrected chi connectivity index (χ4v) is 2.56. The van der Waals surface area contributed by atoms with Crippen LogP contribution in [0.5, 0.6) is 0 Å². The zero-order valence-corrected chi connectivity index (χ0v) is 10.2. The minimum absolute atomic E-state index is 0.477. The van der Waals surface area contributed by atoms with Crippen molar-refractivity contribution < 1.29 is 4.42 Å². The van der Waals surface area contributed by atoms with E-state index in [1.54, 1.807) is 19.1 Å². The normalized spacial score (nSPS) is 10.7. The number of benzene rings is 1. The lowest BCUT2D eigenvalue weighted by atomic mass is 10.2. The molecule has 0 amide bonds. The van der Waals surface area contributed by atoms with Crippen LogP contribution in [-0.2, 0) is 0 Å².